The Bertz CT molecular complexity index is 459. The van der Waals surface area contributed by atoms with Crippen LogP contribution in [0, 0.1) is 5.92 Å². The largest absolute Gasteiger partial charge is 0.310 e. The third-order valence-corrected chi connectivity index (χ3v) is 5.22. The maximum atomic E-state index is 3.76. The van der Waals surface area contributed by atoms with E-state index in [0.717, 1.165) is 19.0 Å². The first kappa shape index (κ1) is 17.0. The molecule has 1 N–H and O–H groups in total. The van der Waals surface area contributed by atoms with Gasteiger partial charge in [0.2, 0.25) is 0 Å². The molecule has 1 aliphatic heterocycles. The van der Waals surface area contributed by atoms with E-state index in [9.17, 15) is 0 Å². The van der Waals surface area contributed by atoms with Gasteiger partial charge in [0.1, 0.15) is 0 Å². The van der Waals surface area contributed by atoms with Crippen molar-refractivity contribution >= 4 is 15.9 Å². The van der Waals surface area contributed by atoms with Crippen molar-refractivity contribution < 1.29 is 0 Å². The minimum absolute atomic E-state index is 0.527. The smallest absolute Gasteiger partial charge is 0.0247 e. The van der Waals surface area contributed by atoms with Crippen LogP contribution in [0.4, 0.5) is 0 Å². The fourth-order valence-corrected chi connectivity index (χ4v) is 3.61. The molecule has 2 rings (SSSR count). The van der Waals surface area contributed by atoms with Crippen LogP contribution in [0.15, 0.2) is 22.7 Å². The number of rotatable bonds is 5. The number of halogens is 1. The Hall–Kier alpha value is -0.380. The first-order chi connectivity index (χ1) is 9.95. The van der Waals surface area contributed by atoms with E-state index in [1.165, 1.54) is 35.0 Å². The van der Waals surface area contributed by atoms with E-state index in [1.54, 1.807) is 0 Å². The summed E-state index contributed by atoms with van der Waals surface area (Å²) in [5.74, 6) is 0.879. The van der Waals surface area contributed by atoms with Gasteiger partial charge in [-0.15, -0.1) is 0 Å². The number of nitrogens with one attached hydrogen (secondary N) is 1. The Morgan fingerprint density at radius 2 is 2.10 bits per heavy atom. The average molecular weight is 353 g/mol. The van der Waals surface area contributed by atoms with E-state index in [2.05, 4.69) is 72.0 Å². The lowest BCUT2D eigenvalue weighted by atomic mass is 9.93. The SMILES string of the molecule is CC1CCN(Cc2ccc(CNC(C)C)cc2Br)C(C)C1. The first-order valence-electron chi connectivity index (χ1n) is 8.20. The van der Waals surface area contributed by atoms with Crippen LogP contribution in [0.1, 0.15) is 51.7 Å². The number of hydrogen-bond donors (Lipinski definition) is 1. The standard InChI is InChI=1S/C18H29BrN2/c1-13(2)20-11-16-5-6-17(18(19)10-16)12-21-8-7-14(3)9-15(21)4/h5-6,10,13-15,20H,7-9,11-12H2,1-4H3. The molecule has 118 valence electrons. The molecule has 0 saturated carbocycles. The third kappa shape index (κ3) is 5.08. The summed E-state index contributed by atoms with van der Waals surface area (Å²) in [5.41, 5.74) is 2.75. The van der Waals surface area contributed by atoms with Crippen molar-refractivity contribution in [3.05, 3.63) is 33.8 Å². The van der Waals surface area contributed by atoms with Gasteiger partial charge in [0, 0.05) is 29.6 Å². The summed E-state index contributed by atoms with van der Waals surface area (Å²) in [6, 6.07) is 8.03. The number of likely N-dealkylation sites (tertiary alicyclic amines) is 1. The highest BCUT2D eigenvalue weighted by Gasteiger charge is 2.23. The quantitative estimate of drug-likeness (QED) is 0.834. The second kappa shape index (κ2) is 7.75. The average Bonchev–Trinajstić information content (AvgIpc) is 2.42. The zero-order valence-electron chi connectivity index (χ0n) is 13.8. The summed E-state index contributed by atoms with van der Waals surface area (Å²) in [6.45, 7) is 12.3. The zero-order valence-corrected chi connectivity index (χ0v) is 15.4. The van der Waals surface area contributed by atoms with E-state index >= 15 is 0 Å². The second-order valence-corrected chi connectivity index (χ2v) is 7.76. The molecule has 0 amide bonds. The molecule has 0 radical (unpaired) electrons. The monoisotopic (exact) mass is 352 g/mol. The summed E-state index contributed by atoms with van der Waals surface area (Å²) in [7, 11) is 0. The van der Waals surface area contributed by atoms with Gasteiger partial charge in [-0.2, -0.15) is 0 Å². The predicted octanol–water partition coefficient (Wildman–Crippen LogP) is 4.57. The molecule has 0 spiro atoms. The Labute approximate surface area is 138 Å². The minimum atomic E-state index is 0.527. The lowest BCUT2D eigenvalue weighted by molar-refractivity contribution is 0.122. The molecular weight excluding hydrogens is 324 g/mol. The normalized spacial score (nSPS) is 23.7. The molecule has 0 aliphatic carbocycles. The van der Waals surface area contributed by atoms with Crippen LogP contribution < -0.4 is 5.32 Å². The van der Waals surface area contributed by atoms with Crippen LogP contribution >= 0.6 is 15.9 Å². The van der Waals surface area contributed by atoms with Crippen LogP contribution in [-0.2, 0) is 13.1 Å². The van der Waals surface area contributed by atoms with E-state index in [-0.39, 0.29) is 0 Å². The lowest BCUT2D eigenvalue weighted by Gasteiger charge is -2.36. The predicted molar refractivity (Wildman–Crippen MR) is 94.4 cm³/mol. The molecule has 1 fully saturated rings. The van der Waals surface area contributed by atoms with E-state index < -0.39 is 0 Å². The lowest BCUT2D eigenvalue weighted by Crippen LogP contribution is -2.39. The first-order valence-corrected chi connectivity index (χ1v) is 8.99. The highest BCUT2D eigenvalue weighted by atomic mass is 79.9. The molecule has 0 bridgehead atoms. The van der Waals surface area contributed by atoms with Crippen molar-refractivity contribution in [1.82, 2.24) is 10.2 Å². The molecule has 3 heteroatoms. The molecule has 21 heavy (non-hydrogen) atoms. The molecule has 2 nitrogen and oxygen atoms in total. The molecule has 2 atom stereocenters. The van der Waals surface area contributed by atoms with Gasteiger partial charge in [0.25, 0.3) is 0 Å². The van der Waals surface area contributed by atoms with Crippen molar-refractivity contribution in [2.75, 3.05) is 6.54 Å². The van der Waals surface area contributed by atoms with Crippen molar-refractivity contribution in [3.8, 4) is 0 Å². The van der Waals surface area contributed by atoms with Gasteiger partial charge in [-0.1, -0.05) is 48.8 Å². The van der Waals surface area contributed by atoms with E-state index in [1.807, 2.05) is 0 Å². The number of nitrogens with zero attached hydrogens (tertiary/aromatic N) is 1. The van der Waals surface area contributed by atoms with E-state index in [4.69, 9.17) is 0 Å². The van der Waals surface area contributed by atoms with Gasteiger partial charge in [0.05, 0.1) is 0 Å². The van der Waals surface area contributed by atoms with Crippen LogP contribution in [0.3, 0.4) is 0 Å². The topological polar surface area (TPSA) is 15.3 Å². The highest BCUT2D eigenvalue weighted by molar-refractivity contribution is 9.10. The van der Waals surface area contributed by atoms with Gasteiger partial charge < -0.3 is 5.32 Å². The van der Waals surface area contributed by atoms with Crippen molar-refractivity contribution in [1.29, 1.82) is 0 Å². The molecule has 1 saturated heterocycles. The maximum absolute atomic E-state index is 3.76. The van der Waals surface area contributed by atoms with Crippen LogP contribution in [0.5, 0.6) is 0 Å². The molecular formula is C18H29BrN2. The van der Waals surface area contributed by atoms with Gasteiger partial charge in [-0.05, 0) is 49.4 Å². The molecule has 1 heterocycles. The summed E-state index contributed by atoms with van der Waals surface area (Å²) >= 11 is 3.76. The van der Waals surface area contributed by atoms with Crippen LogP contribution in [0.2, 0.25) is 0 Å². The Morgan fingerprint density at radius 1 is 1.33 bits per heavy atom. The molecule has 0 aromatic heterocycles. The second-order valence-electron chi connectivity index (χ2n) is 6.91. The van der Waals surface area contributed by atoms with Gasteiger partial charge in [0.15, 0.2) is 0 Å². The number of benzene rings is 1. The van der Waals surface area contributed by atoms with Crippen molar-refractivity contribution in [3.63, 3.8) is 0 Å². The van der Waals surface area contributed by atoms with Gasteiger partial charge >= 0.3 is 0 Å². The maximum Gasteiger partial charge on any atom is 0.0247 e. The third-order valence-electron chi connectivity index (χ3n) is 4.48. The van der Waals surface area contributed by atoms with Gasteiger partial charge in [-0.25, -0.2) is 0 Å². The molecule has 2 unspecified atom stereocenters. The Balaban J connectivity index is 1.97. The molecule has 1 aliphatic rings. The van der Waals surface area contributed by atoms with Gasteiger partial charge in [-0.3, -0.25) is 4.90 Å². The molecule has 1 aromatic carbocycles. The zero-order chi connectivity index (χ0) is 15.4. The van der Waals surface area contributed by atoms with E-state index in [0.29, 0.717) is 12.1 Å². The summed E-state index contributed by atoms with van der Waals surface area (Å²) in [4.78, 5) is 2.62. The fourth-order valence-electron chi connectivity index (χ4n) is 3.06. The van der Waals surface area contributed by atoms with Crippen molar-refractivity contribution in [2.45, 2.75) is 65.7 Å². The Morgan fingerprint density at radius 3 is 2.71 bits per heavy atom. The van der Waals surface area contributed by atoms with Crippen molar-refractivity contribution in [2.24, 2.45) is 5.92 Å². The summed E-state index contributed by atoms with van der Waals surface area (Å²) in [6.07, 6.45) is 2.66. The number of piperidine rings is 1. The van der Waals surface area contributed by atoms with Crippen LogP contribution in [-0.4, -0.2) is 23.5 Å². The Kier molecular flexibility index (Phi) is 6.27. The molecule has 1 aromatic rings. The summed E-state index contributed by atoms with van der Waals surface area (Å²) in [5, 5.41) is 3.47. The highest BCUT2D eigenvalue weighted by Crippen LogP contribution is 2.26. The minimum Gasteiger partial charge on any atom is -0.310 e. The number of hydrogen-bond acceptors (Lipinski definition) is 2. The fraction of sp³-hybridized carbons (Fsp3) is 0.667. The van der Waals surface area contributed by atoms with Crippen LogP contribution in [0.25, 0.3) is 0 Å². The summed E-state index contributed by atoms with van der Waals surface area (Å²) < 4.78 is 1.25.